The number of anilines is 2. The van der Waals surface area contributed by atoms with Gasteiger partial charge in [-0.3, -0.25) is 4.68 Å². The van der Waals surface area contributed by atoms with Crippen molar-refractivity contribution in [3.05, 3.63) is 53.9 Å². The average Bonchev–Trinajstić information content (AvgIpc) is 2.99. The number of aryl methyl sites for hydroxylation is 2. The molecule has 2 heterocycles. The molecule has 0 saturated heterocycles. The molecule has 148 valence electrons. The van der Waals surface area contributed by atoms with Crippen LogP contribution in [0.1, 0.15) is 11.4 Å². The molecule has 0 spiro atoms. The first-order valence-electron chi connectivity index (χ1n) is 9.28. The Morgan fingerprint density at radius 3 is 2.24 bits per heavy atom. The monoisotopic (exact) mass is 389 g/mol. The Balaban J connectivity index is 1.98. The van der Waals surface area contributed by atoms with Crippen molar-refractivity contribution in [2.24, 2.45) is 7.05 Å². The van der Waals surface area contributed by atoms with Gasteiger partial charge in [-0.2, -0.15) is 5.10 Å². The second-order valence-corrected chi connectivity index (χ2v) is 6.78. The maximum atomic E-state index is 5.48. The van der Waals surface area contributed by atoms with E-state index in [1.807, 2.05) is 68.0 Å². The summed E-state index contributed by atoms with van der Waals surface area (Å²) in [5, 5.41) is 8.77. The highest BCUT2D eigenvalue weighted by Crippen LogP contribution is 2.36. The molecule has 0 unspecified atom stereocenters. The fourth-order valence-corrected chi connectivity index (χ4v) is 3.42. The molecule has 0 aliphatic heterocycles. The maximum Gasteiger partial charge on any atom is 0.165 e. The molecule has 7 heteroatoms. The van der Waals surface area contributed by atoms with Crippen molar-refractivity contribution in [1.82, 2.24) is 19.7 Å². The normalized spacial score (nSPS) is 10.9. The lowest BCUT2D eigenvalue weighted by Gasteiger charge is -2.14. The fourth-order valence-electron chi connectivity index (χ4n) is 3.42. The van der Waals surface area contributed by atoms with Gasteiger partial charge in [0.1, 0.15) is 5.82 Å². The molecule has 4 aromatic rings. The quantitative estimate of drug-likeness (QED) is 0.545. The van der Waals surface area contributed by atoms with Gasteiger partial charge in [-0.15, -0.1) is 0 Å². The largest absolute Gasteiger partial charge is 0.493 e. The minimum Gasteiger partial charge on any atom is -0.493 e. The number of para-hydroxylation sites is 1. The Hall–Kier alpha value is -3.61. The number of ether oxygens (including phenoxy) is 2. The minimum absolute atomic E-state index is 0.617. The number of hydrogen-bond acceptors (Lipinski definition) is 6. The van der Waals surface area contributed by atoms with Crippen LogP contribution in [0.3, 0.4) is 0 Å². The Kier molecular flexibility index (Phi) is 4.80. The molecule has 0 aliphatic carbocycles. The van der Waals surface area contributed by atoms with Crippen LogP contribution in [0.4, 0.5) is 11.5 Å². The third kappa shape index (κ3) is 3.35. The summed E-state index contributed by atoms with van der Waals surface area (Å²) in [6, 6.07) is 13.7. The van der Waals surface area contributed by atoms with Crippen LogP contribution >= 0.6 is 0 Å². The lowest BCUT2D eigenvalue weighted by atomic mass is 10.1. The van der Waals surface area contributed by atoms with Crippen molar-refractivity contribution in [2.75, 3.05) is 19.5 Å². The SMILES string of the molecule is COc1cc2nc(-c3c(C)nn(C)c3C)nc(Nc3ccccc3)c2cc1OC. The second-order valence-electron chi connectivity index (χ2n) is 6.78. The fraction of sp³-hybridized carbons (Fsp3) is 0.227. The lowest BCUT2D eigenvalue weighted by Crippen LogP contribution is -2.02. The van der Waals surface area contributed by atoms with Crippen LogP contribution in [-0.4, -0.2) is 34.0 Å². The summed E-state index contributed by atoms with van der Waals surface area (Å²) in [6.45, 7) is 3.98. The Morgan fingerprint density at radius 2 is 1.62 bits per heavy atom. The van der Waals surface area contributed by atoms with Gasteiger partial charge in [0, 0.05) is 29.9 Å². The van der Waals surface area contributed by atoms with Gasteiger partial charge >= 0.3 is 0 Å². The van der Waals surface area contributed by atoms with Gasteiger partial charge in [0.25, 0.3) is 0 Å². The van der Waals surface area contributed by atoms with Gasteiger partial charge in [0.15, 0.2) is 17.3 Å². The number of nitrogens with one attached hydrogen (secondary N) is 1. The van der Waals surface area contributed by atoms with Crippen LogP contribution in [0.15, 0.2) is 42.5 Å². The summed E-state index contributed by atoms with van der Waals surface area (Å²) in [5.74, 6) is 2.56. The van der Waals surface area contributed by atoms with Crippen LogP contribution in [0.5, 0.6) is 11.5 Å². The summed E-state index contributed by atoms with van der Waals surface area (Å²) in [4.78, 5) is 9.69. The lowest BCUT2D eigenvalue weighted by molar-refractivity contribution is 0.356. The molecular weight excluding hydrogens is 366 g/mol. The first kappa shape index (κ1) is 18.7. The number of rotatable bonds is 5. The Labute approximate surface area is 169 Å². The smallest absolute Gasteiger partial charge is 0.165 e. The zero-order valence-electron chi connectivity index (χ0n) is 17.1. The van der Waals surface area contributed by atoms with E-state index in [2.05, 4.69) is 10.4 Å². The minimum atomic E-state index is 0.617. The van der Waals surface area contributed by atoms with Crippen molar-refractivity contribution in [2.45, 2.75) is 13.8 Å². The van der Waals surface area contributed by atoms with Gasteiger partial charge in [0.05, 0.1) is 31.0 Å². The molecule has 0 bridgehead atoms. The predicted octanol–water partition coefficient (Wildman–Crippen LogP) is 4.41. The molecule has 0 amide bonds. The standard InChI is InChI=1S/C22H23N5O2/c1-13-20(14(2)27(3)26-13)22-24-17-12-19(29-5)18(28-4)11-16(17)21(25-22)23-15-9-7-6-8-10-15/h6-12H,1-5H3,(H,23,24,25). The van der Waals surface area contributed by atoms with Crippen molar-refractivity contribution in [1.29, 1.82) is 0 Å². The highest BCUT2D eigenvalue weighted by atomic mass is 16.5. The highest BCUT2D eigenvalue weighted by Gasteiger charge is 2.19. The van der Waals surface area contributed by atoms with E-state index in [-0.39, 0.29) is 0 Å². The molecule has 2 aromatic heterocycles. The maximum absolute atomic E-state index is 5.48. The van der Waals surface area contributed by atoms with E-state index in [1.54, 1.807) is 14.2 Å². The Bertz CT molecular complexity index is 1190. The molecule has 2 aromatic carbocycles. The third-order valence-corrected chi connectivity index (χ3v) is 4.97. The van der Waals surface area contributed by atoms with Gasteiger partial charge in [-0.05, 0) is 32.0 Å². The Morgan fingerprint density at radius 1 is 0.931 bits per heavy atom. The van der Waals surface area contributed by atoms with Crippen molar-refractivity contribution >= 4 is 22.4 Å². The van der Waals surface area contributed by atoms with Gasteiger partial charge in [-0.25, -0.2) is 9.97 Å². The van der Waals surface area contributed by atoms with Crippen LogP contribution in [-0.2, 0) is 7.05 Å². The highest BCUT2D eigenvalue weighted by molar-refractivity contribution is 5.94. The predicted molar refractivity (Wildman–Crippen MR) is 114 cm³/mol. The third-order valence-electron chi connectivity index (χ3n) is 4.97. The van der Waals surface area contributed by atoms with Crippen molar-refractivity contribution in [3.8, 4) is 22.9 Å². The molecule has 1 N–H and O–H groups in total. The van der Waals surface area contributed by atoms with E-state index in [0.717, 1.165) is 33.5 Å². The van der Waals surface area contributed by atoms with E-state index in [0.29, 0.717) is 23.1 Å². The van der Waals surface area contributed by atoms with E-state index in [4.69, 9.17) is 19.4 Å². The topological polar surface area (TPSA) is 74.1 Å². The summed E-state index contributed by atoms with van der Waals surface area (Å²) in [7, 11) is 5.15. The summed E-state index contributed by atoms with van der Waals surface area (Å²) >= 11 is 0. The number of fused-ring (bicyclic) bond motifs is 1. The molecule has 29 heavy (non-hydrogen) atoms. The number of nitrogens with zero attached hydrogens (tertiary/aromatic N) is 4. The first-order chi connectivity index (χ1) is 14.0. The van der Waals surface area contributed by atoms with Crippen LogP contribution in [0.25, 0.3) is 22.3 Å². The zero-order chi connectivity index (χ0) is 20.5. The van der Waals surface area contributed by atoms with Gasteiger partial charge < -0.3 is 14.8 Å². The average molecular weight is 389 g/mol. The van der Waals surface area contributed by atoms with Crippen LogP contribution in [0, 0.1) is 13.8 Å². The van der Waals surface area contributed by atoms with Gasteiger partial charge in [-0.1, -0.05) is 18.2 Å². The molecule has 0 fully saturated rings. The number of methoxy groups -OCH3 is 2. The number of hydrogen-bond donors (Lipinski definition) is 1. The van der Waals surface area contributed by atoms with Crippen molar-refractivity contribution in [3.63, 3.8) is 0 Å². The van der Waals surface area contributed by atoms with E-state index in [1.165, 1.54) is 0 Å². The number of benzene rings is 2. The van der Waals surface area contributed by atoms with E-state index >= 15 is 0 Å². The van der Waals surface area contributed by atoms with Gasteiger partial charge in [0.2, 0.25) is 0 Å². The molecule has 0 saturated carbocycles. The van der Waals surface area contributed by atoms with E-state index < -0.39 is 0 Å². The van der Waals surface area contributed by atoms with Crippen LogP contribution in [0.2, 0.25) is 0 Å². The summed E-state index contributed by atoms with van der Waals surface area (Å²) < 4.78 is 12.8. The summed E-state index contributed by atoms with van der Waals surface area (Å²) in [6.07, 6.45) is 0. The molecule has 7 nitrogen and oxygen atoms in total. The second kappa shape index (κ2) is 7.43. The van der Waals surface area contributed by atoms with Crippen molar-refractivity contribution < 1.29 is 9.47 Å². The van der Waals surface area contributed by atoms with Crippen LogP contribution < -0.4 is 14.8 Å². The first-order valence-corrected chi connectivity index (χ1v) is 9.28. The summed E-state index contributed by atoms with van der Waals surface area (Å²) in [5.41, 5.74) is 4.52. The number of aromatic nitrogens is 4. The molecule has 0 radical (unpaired) electrons. The molecular formula is C22H23N5O2. The zero-order valence-corrected chi connectivity index (χ0v) is 17.1. The molecule has 0 atom stereocenters. The molecule has 0 aliphatic rings. The van der Waals surface area contributed by atoms with E-state index in [9.17, 15) is 0 Å². The molecule has 4 rings (SSSR count).